The molecule has 0 radical (unpaired) electrons. The molecule has 5 rings (SSSR count). The highest BCUT2D eigenvalue weighted by molar-refractivity contribution is 8.00. The molecule has 3 heterocycles. The minimum Gasteiger partial charge on any atom is -0.464 e. The minimum atomic E-state index is -4.67. The van der Waals surface area contributed by atoms with Crippen LogP contribution >= 0.6 is 11.8 Å². The fourth-order valence-corrected chi connectivity index (χ4v) is 7.21. The van der Waals surface area contributed by atoms with Crippen molar-refractivity contribution >= 4 is 33.9 Å². The summed E-state index contributed by atoms with van der Waals surface area (Å²) in [5.74, 6) is -0.600. The van der Waals surface area contributed by atoms with Crippen molar-refractivity contribution in [2.24, 2.45) is 0 Å². The van der Waals surface area contributed by atoms with Gasteiger partial charge in [0.05, 0.1) is 23.5 Å². The summed E-state index contributed by atoms with van der Waals surface area (Å²) in [5, 5.41) is 18.2. The van der Waals surface area contributed by atoms with Crippen molar-refractivity contribution in [2.75, 3.05) is 13.2 Å². The molecule has 2 unspecified atom stereocenters. The summed E-state index contributed by atoms with van der Waals surface area (Å²) in [6.45, 7) is 7.88. The second kappa shape index (κ2) is 11.4. The molecule has 17 heteroatoms. The van der Waals surface area contributed by atoms with Crippen molar-refractivity contribution in [3.05, 3.63) is 59.0 Å². The van der Waals surface area contributed by atoms with E-state index in [1.54, 1.807) is 32.1 Å². The van der Waals surface area contributed by atoms with Crippen LogP contribution in [0.1, 0.15) is 46.6 Å². The molecule has 242 valence electrons. The third-order valence-corrected chi connectivity index (χ3v) is 9.28. The second-order valence-electron chi connectivity index (χ2n) is 12.0. The van der Waals surface area contributed by atoms with E-state index in [9.17, 15) is 31.5 Å². The lowest BCUT2D eigenvalue weighted by Gasteiger charge is -2.39. The van der Waals surface area contributed by atoms with E-state index in [2.05, 4.69) is 16.1 Å². The van der Waals surface area contributed by atoms with Crippen molar-refractivity contribution in [3.63, 3.8) is 0 Å². The lowest BCUT2D eigenvalue weighted by Crippen LogP contribution is -2.61. The van der Waals surface area contributed by atoms with Crippen LogP contribution in [0.2, 0.25) is 0 Å². The Balaban J connectivity index is 1.33. The van der Waals surface area contributed by atoms with Gasteiger partial charge in [-0.3, -0.25) is 5.32 Å². The highest BCUT2D eigenvalue weighted by Crippen LogP contribution is 2.42. The van der Waals surface area contributed by atoms with E-state index >= 15 is 0 Å². The molecule has 1 aromatic rings. The first-order chi connectivity index (χ1) is 20.3. The zero-order chi connectivity index (χ0) is 32.2. The summed E-state index contributed by atoms with van der Waals surface area (Å²) in [6, 6.07) is 6.18. The van der Waals surface area contributed by atoms with Crippen LogP contribution in [0.25, 0.3) is 5.70 Å². The topological polar surface area (TPSA) is 142 Å². The maximum atomic E-state index is 12.9. The maximum Gasteiger partial charge on any atom is 0.446 e. The molecule has 0 aromatic heterocycles. The number of amides is 1. The smallest absolute Gasteiger partial charge is 0.446 e. The molecule has 0 saturated carbocycles. The molecule has 4 aliphatic rings. The van der Waals surface area contributed by atoms with Crippen molar-refractivity contribution in [3.8, 4) is 0 Å². The van der Waals surface area contributed by atoms with Crippen molar-refractivity contribution in [1.82, 2.24) is 25.4 Å². The Morgan fingerprint density at radius 3 is 2.68 bits per heavy atom. The van der Waals surface area contributed by atoms with Crippen LogP contribution < -0.4 is 16.1 Å². The van der Waals surface area contributed by atoms with Gasteiger partial charge < -0.3 is 25.3 Å². The molecule has 0 bridgehead atoms. The highest BCUT2D eigenvalue weighted by atomic mass is 32.2. The zero-order valence-electron chi connectivity index (χ0n) is 24.6. The molecule has 1 aromatic carbocycles. The molecule has 1 aliphatic carbocycles. The Bertz CT molecular complexity index is 1520. The molecule has 0 spiro atoms. The normalized spacial score (nSPS) is 25.0. The summed E-state index contributed by atoms with van der Waals surface area (Å²) in [4.78, 5) is 11.8. The number of carboxylic acid groups (broad SMARTS) is 1. The third-order valence-electron chi connectivity index (χ3n) is 6.99. The lowest BCUT2D eigenvalue weighted by molar-refractivity contribution is -0.129. The van der Waals surface area contributed by atoms with Gasteiger partial charge in [0, 0.05) is 25.3 Å². The first kappa shape index (κ1) is 32.4. The molecule has 12 nitrogen and oxygen atoms in total. The Morgan fingerprint density at radius 2 is 2.02 bits per heavy atom. The number of thioether (sulfide) groups is 1. The largest absolute Gasteiger partial charge is 0.464 e. The van der Waals surface area contributed by atoms with Crippen LogP contribution in [0, 0.1) is 0 Å². The quantitative estimate of drug-likeness (QED) is 0.299. The molecule has 3 aliphatic heterocycles. The number of allylic oxidation sites excluding steroid dienone is 1. The number of alkyl halides is 3. The van der Waals surface area contributed by atoms with Gasteiger partial charge in [0.15, 0.2) is 5.76 Å². The van der Waals surface area contributed by atoms with Gasteiger partial charge in [0.1, 0.15) is 18.4 Å². The van der Waals surface area contributed by atoms with Gasteiger partial charge in [-0.05, 0) is 74.4 Å². The maximum absolute atomic E-state index is 12.9. The van der Waals surface area contributed by atoms with Crippen molar-refractivity contribution in [2.45, 2.75) is 81.2 Å². The van der Waals surface area contributed by atoms with E-state index in [-0.39, 0.29) is 33.3 Å². The molecule has 1 amide bonds. The zero-order valence-corrected chi connectivity index (χ0v) is 26.2. The van der Waals surface area contributed by atoms with Gasteiger partial charge in [-0.2, -0.15) is 30.9 Å². The first-order valence-corrected chi connectivity index (χ1v) is 15.9. The number of hydrazine groups is 1. The number of benzene rings is 1. The SMILES string of the molecule is CC1(C)OC2=C(NC3CCNC4C=C(c5cccc(SC(F)(F)F)c5)NN43)C=C(COS(=O)(=O)N(C(=O)O)C(C)(C)C)[C@H]2O1. The summed E-state index contributed by atoms with van der Waals surface area (Å²) in [6.07, 6.45) is 1.15. The second-order valence-corrected chi connectivity index (χ2v) is 14.6. The standard InChI is InChI=1S/C27H34F3N5O7S2/c1-25(2,3)35(24(36)37)44(38,39)40-14-16-12-19(23-22(16)41-26(4,5)42-23)32-20-9-10-31-21-13-18(33-34(20)21)15-7-6-8-17(11-15)43-27(28,29)30/h6-8,11-13,20-22,31-33H,9-10,14H2,1-5H3,(H,36,37)/t20?,21?,22-/m1/s1. The predicted molar refractivity (Wildman–Crippen MR) is 154 cm³/mol. The van der Waals surface area contributed by atoms with Crippen LogP contribution in [-0.4, -0.2) is 77.4 Å². The van der Waals surface area contributed by atoms with Crippen LogP contribution in [0.4, 0.5) is 18.0 Å². The average molecular weight is 662 g/mol. The van der Waals surface area contributed by atoms with Gasteiger partial charge in [-0.25, -0.2) is 8.98 Å². The number of halogens is 3. The molecule has 2 fully saturated rings. The lowest BCUT2D eigenvalue weighted by atomic mass is 10.1. The van der Waals surface area contributed by atoms with Crippen molar-refractivity contribution < 1.29 is 45.1 Å². The van der Waals surface area contributed by atoms with Gasteiger partial charge in [0.2, 0.25) is 5.79 Å². The number of hydrogen-bond donors (Lipinski definition) is 4. The Morgan fingerprint density at radius 1 is 1.30 bits per heavy atom. The van der Waals surface area contributed by atoms with Gasteiger partial charge >= 0.3 is 21.9 Å². The number of fused-ring (bicyclic) bond motifs is 2. The van der Waals surface area contributed by atoms with Crippen LogP contribution in [0.15, 0.2) is 58.3 Å². The fourth-order valence-electron chi connectivity index (χ4n) is 5.36. The number of hydrogen-bond acceptors (Lipinski definition) is 11. The number of nitrogens with zero attached hydrogens (tertiary/aromatic N) is 2. The number of ether oxygens (including phenoxy) is 2. The van der Waals surface area contributed by atoms with Gasteiger partial charge in [-0.15, -0.1) is 0 Å². The third kappa shape index (κ3) is 6.97. The van der Waals surface area contributed by atoms with E-state index in [4.69, 9.17) is 13.7 Å². The number of carbonyl (C=O) groups is 1. The summed E-state index contributed by atoms with van der Waals surface area (Å²) in [5.41, 5.74) is -0.208. The monoisotopic (exact) mass is 661 g/mol. The Hall–Kier alpha value is -2.96. The van der Waals surface area contributed by atoms with E-state index in [0.29, 0.717) is 41.3 Å². The molecule has 44 heavy (non-hydrogen) atoms. The molecule has 2 saturated heterocycles. The predicted octanol–water partition coefficient (Wildman–Crippen LogP) is 4.04. The van der Waals surface area contributed by atoms with Gasteiger partial charge in [-0.1, -0.05) is 12.1 Å². The highest BCUT2D eigenvalue weighted by Gasteiger charge is 2.47. The minimum absolute atomic E-state index is 0.0750. The average Bonchev–Trinajstić information content (AvgIpc) is 3.52. The molecular formula is C27H34F3N5O7S2. The van der Waals surface area contributed by atoms with Crippen molar-refractivity contribution in [1.29, 1.82) is 0 Å². The Labute approximate surface area is 257 Å². The molecular weight excluding hydrogens is 627 g/mol. The summed E-state index contributed by atoms with van der Waals surface area (Å²) in [7, 11) is -4.67. The number of rotatable bonds is 8. The number of nitrogens with one attached hydrogen (secondary N) is 3. The first-order valence-electron chi connectivity index (χ1n) is 13.7. The van der Waals surface area contributed by atoms with E-state index in [1.165, 1.54) is 32.9 Å². The molecule has 3 atom stereocenters. The summed E-state index contributed by atoms with van der Waals surface area (Å²) < 4.78 is 82.1. The van der Waals surface area contributed by atoms with Crippen LogP contribution in [-0.2, 0) is 24.0 Å². The van der Waals surface area contributed by atoms with Gasteiger partial charge in [0.25, 0.3) is 0 Å². The Kier molecular flexibility index (Phi) is 8.43. The van der Waals surface area contributed by atoms with E-state index < -0.39 is 45.9 Å². The van der Waals surface area contributed by atoms with Crippen LogP contribution in [0.5, 0.6) is 0 Å². The summed E-state index contributed by atoms with van der Waals surface area (Å²) >= 11 is -0.175. The van der Waals surface area contributed by atoms with Crippen LogP contribution in [0.3, 0.4) is 0 Å². The van der Waals surface area contributed by atoms with E-state index in [1.807, 2.05) is 11.1 Å². The molecule has 4 N–H and O–H groups in total. The fraction of sp³-hybridized carbons (Fsp3) is 0.519. The van der Waals surface area contributed by atoms with E-state index in [0.717, 1.165) is 0 Å².